The van der Waals surface area contributed by atoms with Gasteiger partial charge in [-0.15, -0.1) is 0 Å². The molecule has 7 heteroatoms. The van der Waals surface area contributed by atoms with Crippen molar-refractivity contribution in [1.82, 2.24) is 4.90 Å². The van der Waals surface area contributed by atoms with Gasteiger partial charge in [0, 0.05) is 5.56 Å². The molecule has 1 N–H and O–H groups in total. The van der Waals surface area contributed by atoms with E-state index in [1.165, 1.54) is 25.4 Å². The lowest BCUT2D eigenvalue weighted by Gasteiger charge is -2.25. The minimum Gasteiger partial charge on any atom is -0.507 e. The molecule has 0 saturated carbocycles. The van der Waals surface area contributed by atoms with Crippen molar-refractivity contribution >= 4 is 17.4 Å². The van der Waals surface area contributed by atoms with Gasteiger partial charge in [-0.05, 0) is 29.8 Å². The summed E-state index contributed by atoms with van der Waals surface area (Å²) in [4.78, 5) is 27.4. The number of ketones is 1. The predicted octanol–water partition coefficient (Wildman–Crippen LogP) is 3.92. The van der Waals surface area contributed by atoms with Crippen LogP contribution in [0.1, 0.15) is 22.9 Å². The van der Waals surface area contributed by atoms with Gasteiger partial charge in [-0.1, -0.05) is 36.4 Å². The van der Waals surface area contributed by atoms with Gasteiger partial charge in [0.05, 0.1) is 38.6 Å². The van der Waals surface area contributed by atoms with Crippen LogP contribution in [0.3, 0.4) is 0 Å². The summed E-state index contributed by atoms with van der Waals surface area (Å²) in [6.07, 6.45) is 1.50. The van der Waals surface area contributed by atoms with Gasteiger partial charge in [-0.25, -0.2) is 0 Å². The number of methoxy groups -OCH3 is 2. The third-order valence-electron chi connectivity index (χ3n) is 5.22. The normalized spacial score (nSPS) is 17.7. The maximum atomic E-state index is 13.0. The molecule has 1 aromatic heterocycles. The van der Waals surface area contributed by atoms with E-state index in [0.29, 0.717) is 28.4 Å². The monoisotopic (exact) mass is 419 g/mol. The standard InChI is InChI=1S/C24H21NO6/c1-29-18-11-10-16(13-19(18)30-2)21-20(22(26)15-7-4-3-5-8-15)23(27)24(28)25(21)14-17-9-6-12-31-17/h3-13,21,26H,14H2,1-2H3/b22-20-. The maximum absolute atomic E-state index is 13.0. The topological polar surface area (TPSA) is 89.2 Å². The second-order valence-electron chi connectivity index (χ2n) is 6.99. The number of furan rings is 1. The maximum Gasteiger partial charge on any atom is 0.296 e. The highest BCUT2D eigenvalue weighted by atomic mass is 16.5. The van der Waals surface area contributed by atoms with Gasteiger partial charge in [0.2, 0.25) is 0 Å². The molecule has 4 rings (SSSR count). The second kappa shape index (κ2) is 8.39. The lowest BCUT2D eigenvalue weighted by atomic mass is 9.95. The van der Waals surface area contributed by atoms with Crippen molar-refractivity contribution in [1.29, 1.82) is 0 Å². The highest BCUT2D eigenvalue weighted by molar-refractivity contribution is 6.46. The van der Waals surface area contributed by atoms with Crippen molar-refractivity contribution in [2.45, 2.75) is 12.6 Å². The Morgan fingerprint density at radius 1 is 1.00 bits per heavy atom. The summed E-state index contributed by atoms with van der Waals surface area (Å²) in [7, 11) is 3.03. The number of likely N-dealkylation sites (tertiary alicyclic amines) is 1. The minimum atomic E-state index is -0.829. The molecular formula is C24H21NO6. The Labute approximate surface area is 179 Å². The number of Topliss-reactive ketones (excluding diaryl/α,β-unsaturated/α-hetero) is 1. The van der Waals surface area contributed by atoms with Crippen LogP contribution in [-0.2, 0) is 16.1 Å². The molecule has 31 heavy (non-hydrogen) atoms. The number of hydrogen-bond acceptors (Lipinski definition) is 6. The summed E-state index contributed by atoms with van der Waals surface area (Å²) < 4.78 is 16.1. The number of carbonyl (C=O) groups is 2. The molecule has 0 radical (unpaired) electrons. The summed E-state index contributed by atoms with van der Waals surface area (Å²) in [5, 5.41) is 11.0. The molecule has 2 aromatic carbocycles. The lowest BCUT2D eigenvalue weighted by molar-refractivity contribution is -0.140. The van der Waals surface area contributed by atoms with Crippen LogP contribution < -0.4 is 9.47 Å². The van der Waals surface area contributed by atoms with Crippen LogP contribution >= 0.6 is 0 Å². The van der Waals surface area contributed by atoms with Gasteiger partial charge in [-0.2, -0.15) is 0 Å². The number of rotatable bonds is 6. The number of ether oxygens (including phenoxy) is 2. The third kappa shape index (κ3) is 3.66. The summed E-state index contributed by atoms with van der Waals surface area (Å²) in [5.41, 5.74) is 1.06. The van der Waals surface area contributed by atoms with Crippen LogP contribution in [0, 0.1) is 0 Å². The van der Waals surface area contributed by atoms with E-state index in [1.807, 2.05) is 0 Å². The fourth-order valence-corrected chi connectivity index (χ4v) is 3.73. The average Bonchev–Trinajstić information content (AvgIpc) is 3.41. The number of amides is 1. The number of benzene rings is 2. The van der Waals surface area contributed by atoms with Crippen LogP contribution in [0.2, 0.25) is 0 Å². The summed E-state index contributed by atoms with van der Waals surface area (Å²) >= 11 is 0. The van der Waals surface area contributed by atoms with Crippen molar-refractivity contribution in [3.8, 4) is 11.5 Å². The third-order valence-corrected chi connectivity index (χ3v) is 5.22. The van der Waals surface area contributed by atoms with E-state index in [4.69, 9.17) is 13.9 Å². The zero-order valence-corrected chi connectivity index (χ0v) is 17.1. The first-order chi connectivity index (χ1) is 15.0. The minimum absolute atomic E-state index is 0.00924. The zero-order valence-electron chi connectivity index (χ0n) is 17.1. The van der Waals surface area contributed by atoms with Crippen molar-refractivity contribution in [3.05, 3.63) is 89.4 Å². The highest BCUT2D eigenvalue weighted by Gasteiger charge is 2.46. The Kier molecular flexibility index (Phi) is 5.49. The Bertz CT molecular complexity index is 1130. The molecule has 1 aliphatic heterocycles. The number of carbonyl (C=O) groups excluding carboxylic acids is 2. The SMILES string of the molecule is COc1ccc(C2/C(=C(/O)c3ccccc3)C(=O)C(=O)N2Cc2ccco2)cc1OC. The fraction of sp³-hybridized carbons (Fsp3) is 0.167. The summed E-state index contributed by atoms with van der Waals surface area (Å²) in [6.45, 7) is 0.0716. The van der Waals surface area contributed by atoms with E-state index in [-0.39, 0.29) is 17.9 Å². The van der Waals surface area contributed by atoms with Gasteiger partial charge in [0.15, 0.2) is 11.5 Å². The van der Waals surface area contributed by atoms with Crippen molar-refractivity contribution in [3.63, 3.8) is 0 Å². The van der Waals surface area contributed by atoms with Crippen molar-refractivity contribution < 1.29 is 28.6 Å². The van der Waals surface area contributed by atoms with Crippen LogP contribution in [0.4, 0.5) is 0 Å². The molecule has 1 saturated heterocycles. The molecule has 2 heterocycles. The first-order valence-corrected chi connectivity index (χ1v) is 9.63. The second-order valence-corrected chi connectivity index (χ2v) is 6.99. The molecule has 1 atom stereocenters. The van der Waals surface area contributed by atoms with Gasteiger partial charge in [0.1, 0.15) is 11.5 Å². The lowest BCUT2D eigenvalue weighted by Crippen LogP contribution is -2.29. The molecule has 0 spiro atoms. The largest absolute Gasteiger partial charge is 0.507 e. The van der Waals surface area contributed by atoms with Gasteiger partial charge < -0.3 is 23.9 Å². The molecule has 1 amide bonds. The number of aliphatic hydroxyl groups is 1. The van der Waals surface area contributed by atoms with Gasteiger partial charge in [-0.3, -0.25) is 9.59 Å². The Hall–Kier alpha value is -4.00. The molecule has 0 bridgehead atoms. The van der Waals surface area contributed by atoms with E-state index in [1.54, 1.807) is 60.7 Å². The molecule has 3 aromatic rings. The fourth-order valence-electron chi connectivity index (χ4n) is 3.73. The molecule has 7 nitrogen and oxygen atoms in total. The van der Waals surface area contributed by atoms with E-state index in [2.05, 4.69) is 0 Å². The van der Waals surface area contributed by atoms with Crippen LogP contribution in [0.25, 0.3) is 5.76 Å². The van der Waals surface area contributed by atoms with Crippen LogP contribution in [-0.4, -0.2) is 35.9 Å². The van der Waals surface area contributed by atoms with E-state index in [0.717, 1.165) is 0 Å². The van der Waals surface area contributed by atoms with Crippen molar-refractivity contribution in [2.24, 2.45) is 0 Å². The smallest absolute Gasteiger partial charge is 0.296 e. The quantitative estimate of drug-likeness (QED) is 0.370. The Morgan fingerprint density at radius 3 is 2.39 bits per heavy atom. The molecule has 1 unspecified atom stereocenters. The van der Waals surface area contributed by atoms with Crippen LogP contribution in [0.15, 0.2) is 76.9 Å². The molecule has 158 valence electrons. The van der Waals surface area contributed by atoms with E-state index >= 15 is 0 Å². The van der Waals surface area contributed by atoms with Crippen LogP contribution in [0.5, 0.6) is 11.5 Å². The number of aliphatic hydroxyl groups excluding tert-OH is 1. The first-order valence-electron chi connectivity index (χ1n) is 9.63. The molecule has 1 aliphatic rings. The molecule has 1 fully saturated rings. The molecular weight excluding hydrogens is 398 g/mol. The van der Waals surface area contributed by atoms with Crippen molar-refractivity contribution in [2.75, 3.05) is 14.2 Å². The average molecular weight is 419 g/mol. The first kappa shape index (κ1) is 20.3. The van der Waals surface area contributed by atoms with Gasteiger partial charge >= 0.3 is 0 Å². The Balaban J connectivity index is 1.89. The highest BCUT2D eigenvalue weighted by Crippen LogP contribution is 2.42. The summed E-state index contributed by atoms with van der Waals surface area (Å²) in [6, 6.07) is 16.4. The van der Waals surface area contributed by atoms with Gasteiger partial charge in [0.25, 0.3) is 11.7 Å². The predicted molar refractivity (Wildman–Crippen MR) is 113 cm³/mol. The zero-order chi connectivity index (χ0) is 22.0. The summed E-state index contributed by atoms with van der Waals surface area (Å²) in [5.74, 6) is -0.227. The number of nitrogens with zero attached hydrogens (tertiary/aromatic N) is 1. The van der Waals surface area contributed by atoms with E-state index in [9.17, 15) is 14.7 Å². The molecule has 0 aliphatic carbocycles. The van der Waals surface area contributed by atoms with E-state index < -0.39 is 17.7 Å². The number of hydrogen-bond donors (Lipinski definition) is 1. The Morgan fingerprint density at radius 2 is 1.74 bits per heavy atom.